The number of carbonyl (C=O) groups is 1. The zero-order valence-electron chi connectivity index (χ0n) is 8.25. The Morgan fingerprint density at radius 2 is 2.00 bits per heavy atom. The van der Waals surface area contributed by atoms with Gasteiger partial charge in [0.25, 0.3) is 0 Å². The number of amides is 1. The maximum atomic E-state index is 11.4. The summed E-state index contributed by atoms with van der Waals surface area (Å²) in [5.74, 6) is 1.77. The number of carbonyl (C=O) groups excluding carboxylic acids is 1. The summed E-state index contributed by atoms with van der Waals surface area (Å²) in [4.78, 5) is 14.8. The summed E-state index contributed by atoms with van der Waals surface area (Å²) in [5, 5.41) is 0. The van der Waals surface area contributed by atoms with Gasteiger partial charge < -0.3 is 9.80 Å². The van der Waals surface area contributed by atoms with Gasteiger partial charge in [-0.1, -0.05) is 6.92 Å². The Balaban J connectivity index is 1.93. The van der Waals surface area contributed by atoms with Crippen molar-refractivity contribution in [2.75, 3.05) is 26.2 Å². The van der Waals surface area contributed by atoms with Crippen LogP contribution in [0.5, 0.6) is 0 Å². The average Bonchev–Trinajstić information content (AvgIpc) is 2.59. The molecule has 2 saturated heterocycles. The summed E-state index contributed by atoms with van der Waals surface area (Å²) in [7, 11) is 4.02. The SMILES string of the molecule is [CH2-][NH+]1C[C@H]2CN(C(=O)CC)C[C@H]2C1. The van der Waals surface area contributed by atoms with Crippen molar-refractivity contribution in [2.24, 2.45) is 11.8 Å². The molecule has 0 saturated carbocycles. The van der Waals surface area contributed by atoms with Gasteiger partial charge in [-0.25, -0.2) is 0 Å². The highest BCUT2D eigenvalue weighted by Gasteiger charge is 2.41. The second kappa shape index (κ2) is 3.29. The molecule has 1 unspecified atom stereocenters. The van der Waals surface area contributed by atoms with E-state index in [9.17, 15) is 4.79 Å². The summed E-state index contributed by atoms with van der Waals surface area (Å²) in [6, 6.07) is 0. The van der Waals surface area contributed by atoms with Crippen LogP contribution < -0.4 is 4.90 Å². The molecular formula is C10H18N2O. The molecule has 0 aliphatic carbocycles. The lowest BCUT2D eigenvalue weighted by Gasteiger charge is -2.20. The number of likely N-dealkylation sites (tertiary alicyclic amines) is 2. The zero-order chi connectivity index (χ0) is 9.42. The molecule has 0 bridgehead atoms. The van der Waals surface area contributed by atoms with Crippen LogP contribution >= 0.6 is 0 Å². The number of fused-ring (bicyclic) bond motifs is 1. The number of rotatable bonds is 1. The van der Waals surface area contributed by atoms with E-state index in [2.05, 4.69) is 7.05 Å². The van der Waals surface area contributed by atoms with Gasteiger partial charge in [0.15, 0.2) is 0 Å². The first-order chi connectivity index (χ1) is 6.20. The van der Waals surface area contributed by atoms with E-state index in [0.29, 0.717) is 12.3 Å². The standard InChI is InChI=1S/C10H18N2O/c1-3-10(13)12-6-8-4-11(2)5-9(8)7-12/h8-9,11H,2-7H2,1H3/t8-,9+. The first-order valence-electron chi connectivity index (χ1n) is 5.15. The van der Waals surface area contributed by atoms with E-state index in [1.165, 1.54) is 4.90 Å². The van der Waals surface area contributed by atoms with E-state index in [0.717, 1.165) is 38.0 Å². The lowest BCUT2D eigenvalue weighted by Crippen LogP contribution is -3.05. The van der Waals surface area contributed by atoms with Crippen molar-refractivity contribution in [1.29, 1.82) is 0 Å². The van der Waals surface area contributed by atoms with E-state index >= 15 is 0 Å². The molecule has 0 aromatic carbocycles. The van der Waals surface area contributed by atoms with E-state index in [4.69, 9.17) is 0 Å². The van der Waals surface area contributed by atoms with Gasteiger partial charge in [-0.15, -0.1) is 0 Å². The fourth-order valence-electron chi connectivity index (χ4n) is 2.65. The van der Waals surface area contributed by atoms with Gasteiger partial charge in [-0.05, 0) is 0 Å². The largest absolute Gasteiger partial charge is 0.467 e. The van der Waals surface area contributed by atoms with Crippen molar-refractivity contribution < 1.29 is 9.69 Å². The van der Waals surface area contributed by atoms with Crippen molar-refractivity contribution >= 4 is 5.91 Å². The van der Waals surface area contributed by atoms with E-state index in [1.54, 1.807) is 0 Å². The Labute approximate surface area is 79.7 Å². The summed E-state index contributed by atoms with van der Waals surface area (Å²) >= 11 is 0. The first kappa shape index (κ1) is 9.00. The summed E-state index contributed by atoms with van der Waals surface area (Å²) in [6.45, 7) is 6.21. The van der Waals surface area contributed by atoms with Gasteiger partial charge >= 0.3 is 0 Å². The molecule has 13 heavy (non-hydrogen) atoms. The van der Waals surface area contributed by atoms with Crippen molar-refractivity contribution in [2.45, 2.75) is 13.3 Å². The van der Waals surface area contributed by atoms with Crippen molar-refractivity contribution in [3.8, 4) is 0 Å². The Bertz CT molecular complexity index is 203. The fourth-order valence-corrected chi connectivity index (χ4v) is 2.65. The summed E-state index contributed by atoms with van der Waals surface area (Å²) < 4.78 is 0. The van der Waals surface area contributed by atoms with Crippen LogP contribution in [-0.4, -0.2) is 37.0 Å². The third-order valence-corrected chi connectivity index (χ3v) is 3.33. The maximum absolute atomic E-state index is 11.4. The molecule has 1 amide bonds. The highest BCUT2D eigenvalue weighted by atomic mass is 16.2. The van der Waals surface area contributed by atoms with Crippen LogP contribution in [0.15, 0.2) is 0 Å². The Morgan fingerprint density at radius 3 is 2.46 bits per heavy atom. The highest BCUT2D eigenvalue weighted by molar-refractivity contribution is 5.76. The molecule has 2 aliphatic rings. The molecule has 3 atom stereocenters. The number of hydrogen-bond acceptors (Lipinski definition) is 1. The van der Waals surface area contributed by atoms with Crippen LogP contribution in [0, 0.1) is 18.9 Å². The number of nitrogens with one attached hydrogen (secondary N) is 1. The molecule has 74 valence electrons. The molecule has 2 fully saturated rings. The normalized spacial score (nSPS) is 38.0. The molecule has 2 rings (SSSR count). The molecule has 2 heterocycles. The highest BCUT2D eigenvalue weighted by Crippen LogP contribution is 2.24. The molecule has 1 N–H and O–H groups in total. The van der Waals surface area contributed by atoms with Crippen molar-refractivity contribution in [1.82, 2.24) is 4.90 Å². The number of nitrogens with zero attached hydrogens (tertiary/aromatic N) is 1. The fraction of sp³-hybridized carbons (Fsp3) is 0.800. The topological polar surface area (TPSA) is 24.8 Å². The van der Waals surface area contributed by atoms with Crippen LogP contribution in [0.2, 0.25) is 0 Å². The minimum Gasteiger partial charge on any atom is -0.467 e. The van der Waals surface area contributed by atoms with Gasteiger partial charge in [-0.2, -0.15) is 7.05 Å². The molecule has 3 heteroatoms. The van der Waals surface area contributed by atoms with Crippen molar-refractivity contribution in [3.05, 3.63) is 7.05 Å². The van der Waals surface area contributed by atoms with Gasteiger partial charge in [0, 0.05) is 31.3 Å². The van der Waals surface area contributed by atoms with Crippen LogP contribution in [-0.2, 0) is 4.79 Å². The number of quaternary nitrogens is 1. The molecule has 0 aromatic rings. The lowest BCUT2D eigenvalue weighted by molar-refractivity contribution is -0.843. The second-order valence-electron chi connectivity index (χ2n) is 4.33. The van der Waals surface area contributed by atoms with Crippen LogP contribution in [0.4, 0.5) is 0 Å². The van der Waals surface area contributed by atoms with Gasteiger partial charge in [0.1, 0.15) is 0 Å². The lowest BCUT2D eigenvalue weighted by atomic mass is 10.0. The maximum Gasteiger partial charge on any atom is 0.222 e. The Hall–Kier alpha value is -0.570. The van der Waals surface area contributed by atoms with Crippen LogP contribution in [0.1, 0.15) is 13.3 Å². The molecule has 3 nitrogen and oxygen atoms in total. The van der Waals surface area contributed by atoms with E-state index < -0.39 is 0 Å². The monoisotopic (exact) mass is 182 g/mol. The van der Waals surface area contributed by atoms with Crippen molar-refractivity contribution in [3.63, 3.8) is 0 Å². The summed E-state index contributed by atoms with van der Waals surface area (Å²) in [5.41, 5.74) is 0. The summed E-state index contributed by atoms with van der Waals surface area (Å²) in [6.07, 6.45) is 0.653. The van der Waals surface area contributed by atoms with Gasteiger partial charge in [0.2, 0.25) is 5.91 Å². The predicted molar refractivity (Wildman–Crippen MR) is 49.9 cm³/mol. The smallest absolute Gasteiger partial charge is 0.222 e. The Morgan fingerprint density at radius 1 is 1.46 bits per heavy atom. The van der Waals surface area contributed by atoms with Gasteiger partial charge in [0.05, 0.1) is 13.1 Å². The predicted octanol–water partition coefficient (Wildman–Crippen LogP) is -0.839. The van der Waals surface area contributed by atoms with Crippen LogP contribution in [0.25, 0.3) is 0 Å². The molecular weight excluding hydrogens is 164 g/mol. The zero-order valence-corrected chi connectivity index (χ0v) is 8.25. The molecule has 0 radical (unpaired) electrons. The van der Waals surface area contributed by atoms with Gasteiger partial charge in [-0.3, -0.25) is 4.79 Å². The minimum atomic E-state index is 0.319. The quantitative estimate of drug-likeness (QED) is 0.526. The first-order valence-corrected chi connectivity index (χ1v) is 5.15. The third-order valence-electron chi connectivity index (χ3n) is 3.33. The molecule has 0 aromatic heterocycles. The van der Waals surface area contributed by atoms with E-state index in [-0.39, 0.29) is 0 Å². The number of hydrogen-bond donors (Lipinski definition) is 1. The molecule has 2 aliphatic heterocycles. The second-order valence-corrected chi connectivity index (χ2v) is 4.33. The molecule has 0 spiro atoms. The average molecular weight is 182 g/mol. The Kier molecular flexibility index (Phi) is 2.28. The third kappa shape index (κ3) is 1.57. The van der Waals surface area contributed by atoms with E-state index in [1.807, 2.05) is 11.8 Å². The van der Waals surface area contributed by atoms with Crippen LogP contribution in [0.3, 0.4) is 0 Å². The minimum absolute atomic E-state index is 0.319.